The van der Waals surface area contributed by atoms with Crippen molar-refractivity contribution in [1.82, 2.24) is 4.31 Å². The molecule has 0 aliphatic carbocycles. The van der Waals surface area contributed by atoms with Crippen LogP contribution >= 0.6 is 11.3 Å². The van der Waals surface area contributed by atoms with Gasteiger partial charge in [0.15, 0.2) is 0 Å². The molecule has 0 atom stereocenters. The maximum atomic E-state index is 12.6. The third-order valence-corrected chi connectivity index (χ3v) is 6.20. The topological polar surface area (TPSA) is 66.8 Å². The highest BCUT2D eigenvalue weighted by atomic mass is 32.2. The maximum Gasteiger partial charge on any atom is 0.244 e. The molecule has 0 saturated carbocycles. The smallest absolute Gasteiger partial charge is 0.244 e. The number of hydrogen-bond acceptors (Lipinski definition) is 5. The summed E-state index contributed by atoms with van der Waals surface area (Å²) in [5.41, 5.74) is 0.684. The molecular formula is C12H21NO4S2. The van der Waals surface area contributed by atoms with Crippen LogP contribution in [0.3, 0.4) is 0 Å². The minimum atomic E-state index is -3.56. The Hall–Kier alpha value is -0.470. The van der Waals surface area contributed by atoms with Gasteiger partial charge >= 0.3 is 0 Å². The SMILES string of the molecule is CCOCCN(CC)S(=O)(=O)c1c(C)csc1CO. The van der Waals surface area contributed by atoms with Crippen molar-refractivity contribution in [3.8, 4) is 0 Å². The zero-order valence-electron chi connectivity index (χ0n) is 11.5. The van der Waals surface area contributed by atoms with Gasteiger partial charge in [0.1, 0.15) is 4.90 Å². The van der Waals surface area contributed by atoms with Crippen LogP contribution in [-0.2, 0) is 21.4 Å². The molecule has 0 radical (unpaired) electrons. The van der Waals surface area contributed by atoms with Gasteiger partial charge in [-0.2, -0.15) is 4.31 Å². The van der Waals surface area contributed by atoms with Gasteiger partial charge in [0.2, 0.25) is 10.0 Å². The van der Waals surface area contributed by atoms with Crippen molar-refractivity contribution < 1.29 is 18.3 Å². The molecule has 0 unspecified atom stereocenters. The Kier molecular flexibility index (Phi) is 6.41. The van der Waals surface area contributed by atoms with Crippen molar-refractivity contribution in [3.63, 3.8) is 0 Å². The fourth-order valence-corrected chi connectivity index (χ4v) is 4.88. The van der Waals surface area contributed by atoms with Crippen molar-refractivity contribution in [1.29, 1.82) is 0 Å². The van der Waals surface area contributed by atoms with Crippen molar-refractivity contribution in [3.05, 3.63) is 15.8 Å². The standard InChI is InChI=1S/C12H21NO4S2/c1-4-13(6-7-17-5-2)19(15,16)12-10(3)9-18-11(12)8-14/h9,14H,4-8H2,1-3H3. The van der Waals surface area contributed by atoms with E-state index in [1.54, 1.807) is 19.2 Å². The van der Waals surface area contributed by atoms with Crippen LogP contribution in [0.25, 0.3) is 0 Å². The van der Waals surface area contributed by atoms with Gasteiger partial charge in [-0.3, -0.25) is 0 Å². The van der Waals surface area contributed by atoms with Gasteiger partial charge in [0.25, 0.3) is 0 Å². The van der Waals surface area contributed by atoms with Crippen molar-refractivity contribution in [2.75, 3.05) is 26.3 Å². The summed E-state index contributed by atoms with van der Waals surface area (Å²) in [6.07, 6.45) is 0. The lowest BCUT2D eigenvalue weighted by Gasteiger charge is -2.21. The molecule has 0 fully saturated rings. The molecule has 19 heavy (non-hydrogen) atoms. The van der Waals surface area contributed by atoms with Gasteiger partial charge in [-0.05, 0) is 24.8 Å². The van der Waals surface area contributed by atoms with E-state index in [1.807, 2.05) is 6.92 Å². The Morgan fingerprint density at radius 2 is 2.11 bits per heavy atom. The van der Waals surface area contributed by atoms with E-state index in [2.05, 4.69) is 0 Å². The largest absolute Gasteiger partial charge is 0.391 e. The Bertz CT molecular complexity index is 496. The lowest BCUT2D eigenvalue weighted by molar-refractivity contribution is 0.135. The fourth-order valence-electron chi connectivity index (χ4n) is 1.83. The number of aliphatic hydroxyl groups excluding tert-OH is 1. The van der Waals surface area contributed by atoms with Crippen LogP contribution in [0.2, 0.25) is 0 Å². The number of sulfonamides is 1. The second-order valence-electron chi connectivity index (χ2n) is 4.02. The monoisotopic (exact) mass is 307 g/mol. The minimum Gasteiger partial charge on any atom is -0.391 e. The Labute approximate surface area is 118 Å². The van der Waals surface area contributed by atoms with Crippen LogP contribution in [0.5, 0.6) is 0 Å². The van der Waals surface area contributed by atoms with Gasteiger partial charge in [-0.15, -0.1) is 11.3 Å². The first kappa shape index (κ1) is 16.6. The number of aliphatic hydroxyl groups is 1. The van der Waals surface area contributed by atoms with E-state index < -0.39 is 10.0 Å². The van der Waals surface area contributed by atoms with Crippen LogP contribution in [0.1, 0.15) is 24.3 Å². The van der Waals surface area contributed by atoms with E-state index in [0.29, 0.717) is 36.7 Å². The molecule has 1 aromatic rings. The molecule has 5 nitrogen and oxygen atoms in total. The summed E-state index contributed by atoms with van der Waals surface area (Å²) < 4.78 is 31.8. The molecule has 1 rings (SSSR count). The van der Waals surface area contributed by atoms with E-state index in [0.717, 1.165) is 0 Å². The number of ether oxygens (including phenoxy) is 1. The number of nitrogens with zero attached hydrogens (tertiary/aromatic N) is 1. The first-order valence-electron chi connectivity index (χ1n) is 6.24. The first-order valence-corrected chi connectivity index (χ1v) is 8.56. The molecule has 1 heterocycles. The molecule has 1 N–H and O–H groups in total. The van der Waals surface area contributed by atoms with E-state index in [4.69, 9.17) is 4.74 Å². The highest BCUT2D eigenvalue weighted by Crippen LogP contribution is 2.29. The fraction of sp³-hybridized carbons (Fsp3) is 0.667. The first-order chi connectivity index (χ1) is 8.98. The third-order valence-electron chi connectivity index (χ3n) is 2.77. The molecular weight excluding hydrogens is 286 g/mol. The quantitative estimate of drug-likeness (QED) is 0.741. The average Bonchev–Trinajstić information content (AvgIpc) is 2.76. The average molecular weight is 307 g/mol. The molecule has 7 heteroatoms. The highest BCUT2D eigenvalue weighted by Gasteiger charge is 2.28. The number of aryl methyl sites for hydroxylation is 1. The normalized spacial score (nSPS) is 12.3. The van der Waals surface area contributed by atoms with Gasteiger partial charge < -0.3 is 9.84 Å². The van der Waals surface area contributed by atoms with E-state index in [1.165, 1.54) is 15.6 Å². The second kappa shape index (κ2) is 7.35. The summed E-state index contributed by atoms with van der Waals surface area (Å²) >= 11 is 1.27. The second-order valence-corrected chi connectivity index (χ2v) is 6.86. The molecule has 0 aliphatic heterocycles. The van der Waals surface area contributed by atoms with Gasteiger partial charge in [-0.1, -0.05) is 6.92 Å². The summed E-state index contributed by atoms with van der Waals surface area (Å²) in [4.78, 5) is 0.741. The molecule has 0 amide bonds. The van der Waals surface area contributed by atoms with Crippen LogP contribution in [0, 0.1) is 6.92 Å². The number of hydrogen-bond donors (Lipinski definition) is 1. The molecule has 0 bridgehead atoms. The maximum absolute atomic E-state index is 12.6. The number of thiophene rings is 1. The van der Waals surface area contributed by atoms with Crippen molar-refractivity contribution in [2.24, 2.45) is 0 Å². The third kappa shape index (κ3) is 3.76. The molecule has 0 aromatic carbocycles. The lowest BCUT2D eigenvalue weighted by atomic mass is 10.3. The predicted octanol–water partition coefficient (Wildman–Crippen LogP) is 1.60. The van der Waals surface area contributed by atoms with Crippen LogP contribution in [-0.4, -0.2) is 44.1 Å². The number of rotatable bonds is 8. The Balaban J connectivity index is 3.03. The molecule has 0 aliphatic rings. The molecule has 1 aromatic heterocycles. The molecule has 0 spiro atoms. The van der Waals surface area contributed by atoms with Crippen LogP contribution in [0.4, 0.5) is 0 Å². The van der Waals surface area contributed by atoms with E-state index in [-0.39, 0.29) is 11.5 Å². The predicted molar refractivity (Wildman–Crippen MR) is 75.9 cm³/mol. The summed E-state index contributed by atoms with van der Waals surface area (Å²) in [5, 5.41) is 11.0. The summed E-state index contributed by atoms with van der Waals surface area (Å²) in [6.45, 7) is 6.82. The summed E-state index contributed by atoms with van der Waals surface area (Å²) in [5.74, 6) is 0. The van der Waals surface area contributed by atoms with Gasteiger partial charge in [0.05, 0.1) is 18.1 Å². The minimum absolute atomic E-state index is 0.248. The lowest BCUT2D eigenvalue weighted by Crippen LogP contribution is -2.34. The molecule has 0 saturated heterocycles. The van der Waals surface area contributed by atoms with Crippen molar-refractivity contribution >= 4 is 21.4 Å². The van der Waals surface area contributed by atoms with E-state index >= 15 is 0 Å². The summed E-state index contributed by atoms with van der Waals surface area (Å²) in [7, 11) is -3.56. The number of likely N-dealkylation sites (N-methyl/N-ethyl adjacent to an activating group) is 1. The van der Waals surface area contributed by atoms with E-state index in [9.17, 15) is 13.5 Å². The van der Waals surface area contributed by atoms with Gasteiger partial charge in [-0.25, -0.2) is 8.42 Å². The van der Waals surface area contributed by atoms with Gasteiger partial charge in [0, 0.05) is 19.7 Å². The van der Waals surface area contributed by atoms with Crippen LogP contribution in [0.15, 0.2) is 10.3 Å². The zero-order chi connectivity index (χ0) is 14.5. The zero-order valence-corrected chi connectivity index (χ0v) is 13.2. The van der Waals surface area contributed by atoms with Crippen molar-refractivity contribution in [2.45, 2.75) is 32.3 Å². The molecule has 110 valence electrons. The summed E-state index contributed by atoms with van der Waals surface area (Å²) in [6, 6.07) is 0. The Morgan fingerprint density at radius 1 is 1.42 bits per heavy atom. The highest BCUT2D eigenvalue weighted by molar-refractivity contribution is 7.89. The Morgan fingerprint density at radius 3 is 2.63 bits per heavy atom. The van der Waals surface area contributed by atoms with Crippen LogP contribution < -0.4 is 0 Å².